The summed E-state index contributed by atoms with van der Waals surface area (Å²) in [4.78, 5) is 21.4. The van der Waals surface area contributed by atoms with E-state index in [1.165, 1.54) is 23.5 Å². The highest BCUT2D eigenvalue weighted by molar-refractivity contribution is 7.92. The minimum Gasteiger partial charge on any atom is -0.326 e. The van der Waals surface area contributed by atoms with Crippen LogP contribution in [-0.2, 0) is 14.8 Å². The van der Waals surface area contributed by atoms with Gasteiger partial charge in [0.1, 0.15) is 15.4 Å². The van der Waals surface area contributed by atoms with E-state index in [9.17, 15) is 13.2 Å². The maximum absolute atomic E-state index is 12.8. The fourth-order valence-electron chi connectivity index (χ4n) is 2.98. The number of aromatic nitrogens is 2. The number of rotatable bonds is 6. The van der Waals surface area contributed by atoms with Crippen LogP contribution in [0.15, 0.2) is 65.7 Å². The molecule has 0 unspecified atom stereocenters. The first kappa shape index (κ1) is 21.0. The number of hydrogen-bond donors (Lipinski definition) is 2. The summed E-state index contributed by atoms with van der Waals surface area (Å²) in [5.74, 6) is -0.131. The Hall–Kier alpha value is -3.30. The summed E-state index contributed by atoms with van der Waals surface area (Å²) in [5.41, 5.74) is 3.56. The highest BCUT2D eigenvalue weighted by atomic mass is 32.2. The maximum atomic E-state index is 12.8. The molecule has 1 amide bonds. The van der Waals surface area contributed by atoms with Crippen LogP contribution in [0, 0.1) is 6.92 Å². The predicted octanol–water partition coefficient (Wildman–Crippen LogP) is 4.82. The number of benzene rings is 2. The molecule has 0 saturated heterocycles. The molecule has 0 radical (unpaired) electrons. The van der Waals surface area contributed by atoms with Gasteiger partial charge in [-0.05, 0) is 67.1 Å². The number of hydrogen-bond acceptors (Lipinski definition) is 6. The molecule has 0 bridgehead atoms. The van der Waals surface area contributed by atoms with Crippen molar-refractivity contribution < 1.29 is 13.2 Å². The standard InChI is InChI=1S/C22H20N4O3S2/c1-3-20(27)24-16-7-9-17(10-8-16)31(28,29)26-18-11-6-15(13-14(18)2)21-25-19-5-4-12-23-22(19)30-21/h4-13,26H,3H2,1-2H3,(H,24,27). The number of amides is 1. The van der Waals surface area contributed by atoms with Crippen molar-refractivity contribution in [2.45, 2.75) is 25.2 Å². The summed E-state index contributed by atoms with van der Waals surface area (Å²) >= 11 is 1.49. The Labute approximate surface area is 184 Å². The van der Waals surface area contributed by atoms with Crippen LogP contribution in [0.2, 0.25) is 0 Å². The predicted molar refractivity (Wildman–Crippen MR) is 124 cm³/mol. The van der Waals surface area contributed by atoms with Gasteiger partial charge in [0.05, 0.1) is 10.6 Å². The number of nitrogens with zero attached hydrogens (tertiary/aromatic N) is 2. The molecule has 31 heavy (non-hydrogen) atoms. The largest absolute Gasteiger partial charge is 0.326 e. The molecule has 0 aliphatic carbocycles. The van der Waals surface area contributed by atoms with Crippen LogP contribution in [0.5, 0.6) is 0 Å². The van der Waals surface area contributed by atoms with Gasteiger partial charge in [-0.3, -0.25) is 9.52 Å². The second-order valence-corrected chi connectivity index (χ2v) is 9.57. The second kappa shape index (κ2) is 8.44. The number of anilines is 2. The van der Waals surface area contributed by atoms with Gasteiger partial charge in [-0.25, -0.2) is 18.4 Å². The van der Waals surface area contributed by atoms with Crippen molar-refractivity contribution in [3.8, 4) is 10.6 Å². The van der Waals surface area contributed by atoms with Crippen molar-refractivity contribution in [3.05, 3.63) is 66.4 Å². The van der Waals surface area contributed by atoms with Crippen LogP contribution < -0.4 is 10.0 Å². The van der Waals surface area contributed by atoms with E-state index < -0.39 is 10.0 Å². The zero-order valence-corrected chi connectivity index (χ0v) is 18.5. The lowest BCUT2D eigenvalue weighted by Crippen LogP contribution is -2.14. The van der Waals surface area contributed by atoms with E-state index in [2.05, 4.69) is 20.0 Å². The average Bonchev–Trinajstić information content (AvgIpc) is 3.19. The first-order valence-corrected chi connectivity index (χ1v) is 11.9. The van der Waals surface area contributed by atoms with Crippen molar-refractivity contribution in [1.29, 1.82) is 0 Å². The Morgan fingerprint density at radius 2 is 1.87 bits per heavy atom. The fraction of sp³-hybridized carbons (Fsp3) is 0.136. The van der Waals surface area contributed by atoms with Gasteiger partial charge in [-0.15, -0.1) is 0 Å². The molecule has 0 spiro atoms. The number of pyridine rings is 1. The van der Waals surface area contributed by atoms with Crippen molar-refractivity contribution in [2.24, 2.45) is 0 Å². The molecule has 0 fully saturated rings. The summed E-state index contributed by atoms with van der Waals surface area (Å²) in [7, 11) is -3.77. The molecular formula is C22H20N4O3S2. The van der Waals surface area contributed by atoms with Gasteiger partial charge < -0.3 is 5.32 Å². The zero-order valence-electron chi connectivity index (χ0n) is 16.9. The van der Waals surface area contributed by atoms with Crippen molar-refractivity contribution in [3.63, 3.8) is 0 Å². The highest BCUT2D eigenvalue weighted by Crippen LogP contribution is 2.31. The molecule has 2 heterocycles. The Kier molecular flexibility index (Phi) is 5.71. The number of thiazole rings is 1. The Balaban J connectivity index is 1.55. The van der Waals surface area contributed by atoms with Crippen molar-refractivity contribution in [2.75, 3.05) is 10.0 Å². The summed E-state index contributed by atoms with van der Waals surface area (Å²) in [6.45, 7) is 3.59. The molecule has 2 N–H and O–H groups in total. The van der Waals surface area contributed by atoms with Crippen LogP contribution >= 0.6 is 11.3 Å². The fourth-order valence-corrected chi connectivity index (χ4v) is 5.01. The molecule has 0 aliphatic heterocycles. The number of sulfonamides is 1. The topological polar surface area (TPSA) is 101 Å². The number of aryl methyl sites for hydroxylation is 1. The van der Waals surface area contributed by atoms with Gasteiger partial charge in [0.15, 0.2) is 0 Å². The van der Waals surface area contributed by atoms with E-state index in [0.717, 1.165) is 26.5 Å². The van der Waals surface area contributed by atoms with Gasteiger partial charge in [-0.1, -0.05) is 18.3 Å². The summed E-state index contributed by atoms with van der Waals surface area (Å²) in [6, 6.07) is 15.3. The normalized spacial score (nSPS) is 11.4. The summed E-state index contributed by atoms with van der Waals surface area (Å²) in [6.07, 6.45) is 2.09. The first-order valence-electron chi connectivity index (χ1n) is 9.61. The molecule has 9 heteroatoms. The number of carbonyl (C=O) groups is 1. The molecule has 0 saturated carbocycles. The average molecular weight is 453 g/mol. The highest BCUT2D eigenvalue weighted by Gasteiger charge is 2.16. The zero-order chi connectivity index (χ0) is 22.0. The lowest BCUT2D eigenvalue weighted by atomic mass is 10.1. The van der Waals surface area contributed by atoms with Gasteiger partial charge >= 0.3 is 0 Å². The van der Waals surface area contributed by atoms with Crippen LogP contribution in [0.25, 0.3) is 20.9 Å². The minimum atomic E-state index is -3.77. The van der Waals surface area contributed by atoms with E-state index in [0.29, 0.717) is 17.8 Å². The van der Waals surface area contributed by atoms with Crippen LogP contribution in [0.4, 0.5) is 11.4 Å². The molecule has 2 aromatic heterocycles. The van der Waals surface area contributed by atoms with Crippen molar-refractivity contribution >= 4 is 49.0 Å². The van der Waals surface area contributed by atoms with Crippen molar-refractivity contribution in [1.82, 2.24) is 9.97 Å². The second-order valence-electron chi connectivity index (χ2n) is 6.91. The van der Waals surface area contributed by atoms with E-state index in [1.807, 2.05) is 31.2 Å². The Bertz CT molecular complexity index is 1330. The molecule has 7 nitrogen and oxygen atoms in total. The minimum absolute atomic E-state index is 0.114. The third kappa shape index (κ3) is 4.57. The molecule has 2 aromatic carbocycles. The SMILES string of the molecule is CCC(=O)Nc1ccc(S(=O)(=O)Nc2ccc(-c3nc4cccnc4s3)cc2C)cc1. The van der Waals surface area contributed by atoms with Gasteiger partial charge in [-0.2, -0.15) is 0 Å². The Morgan fingerprint density at radius 1 is 1.10 bits per heavy atom. The van der Waals surface area contributed by atoms with Crippen LogP contribution in [0.1, 0.15) is 18.9 Å². The molecule has 4 rings (SSSR count). The number of nitrogens with one attached hydrogen (secondary N) is 2. The van der Waals surface area contributed by atoms with Gasteiger partial charge in [0.2, 0.25) is 5.91 Å². The van der Waals surface area contributed by atoms with E-state index >= 15 is 0 Å². The van der Waals surface area contributed by atoms with Crippen LogP contribution in [-0.4, -0.2) is 24.3 Å². The molecular weight excluding hydrogens is 432 g/mol. The Morgan fingerprint density at radius 3 is 2.55 bits per heavy atom. The van der Waals surface area contributed by atoms with Gasteiger partial charge in [0, 0.05) is 23.9 Å². The third-order valence-corrected chi connectivity index (χ3v) is 7.06. The van der Waals surface area contributed by atoms with E-state index in [4.69, 9.17) is 0 Å². The third-order valence-electron chi connectivity index (χ3n) is 4.65. The van der Waals surface area contributed by atoms with Gasteiger partial charge in [0.25, 0.3) is 10.0 Å². The lowest BCUT2D eigenvalue weighted by Gasteiger charge is -2.12. The molecule has 0 atom stereocenters. The summed E-state index contributed by atoms with van der Waals surface area (Å²) in [5, 5.41) is 3.53. The number of carbonyl (C=O) groups excluding carboxylic acids is 1. The molecule has 4 aromatic rings. The maximum Gasteiger partial charge on any atom is 0.261 e. The smallest absolute Gasteiger partial charge is 0.261 e. The first-order chi connectivity index (χ1) is 14.9. The molecule has 0 aliphatic rings. The lowest BCUT2D eigenvalue weighted by molar-refractivity contribution is -0.115. The number of fused-ring (bicyclic) bond motifs is 1. The molecule has 158 valence electrons. The van der Waals surface area contributed by atoms with E-state index in [-0.39, 0.29) is 10.8 Å². The quantitative estimate of drug-likeness (QED) is 0.437. The summed E-state index contributed by atoms with van der Waals surface area (Å²) < 4.78 is 28.2. The van der Waals surface area contributed by atoms with Crippen LogP contribution in [0.3, 0.4) is 0 Å². The monoisotopic (exact) mass is 452 g/mol. The van der Waals surface area contributed by atoms with E-state index in [1.54, 1.807) is 31.3 Å².